The average Bonchev–Trinajstić information content (AvgIpc) is 2.48. The molecule has 0 aliphatic rings. The summed E-state index contributed by atoms with van der Waals surface area (Å²) in [5, 5.41) is 0. The van der Waals surface area contributed by atoms with Crippen molar-refractivity contribution in [3.05, 3.63) is 23.8 Å². The molecule has 118 valence electrons. The molecule has 0 amide bonds. The van der Waals surface area contributed by atoms with Gasteiger partial charge in [-0.15, -0.1) is 0 Å². The average molecular weight is 292 g/mol. The lowest BCUT2D eigenvalue weighted by atomic mass is 10.1. The summed E-state index contributed by atoms with van der Waals surface area (Å²) < 4.78 is 5.17. The molecule has 0 aliphatic carbocycles. The van der Waals surface area contributed by atoms with E-state index in [0.29, 0.717) is 23.9 Å². The highest BCUT2D eigenvalue weighted by Gasteiger charge is 2.20. The van der Waals surface area contributed by atoms with E-state index in [0.717, 1.165) is 31.5 Å². The first kappa shape index (κ1) is 17.3. The molecule has 1 aromatic carbocycles. The van der Waals surface area contributed by atoms with E-state index in [1.54, 1.807) is 6.07 Å². The Morgan fingerprint density at radius 2 is 2.05 bits per heavy atom. The molecule has 1 atom stereocenters. The third kappa shape index (κ3) is 4.66. The highest BCUT2D eigenvalue weighted by Crippen LogP contribution is 2.27. The molecule has 0 spiro atoms. The van der Waals surface area contributed by atoms with Gasteiger partial charge >= 0.3 is 5.97 Å². The van der Waals surface area contributed by atoms with Gasteiger partial charge in [0.15, 0.2) is 0 Å². The van der Waals surface area contributed by atoms with Crippen molar-refractivity contribution in [1.82, 2.24) is 0 Å². The van der Waals surface area contributed by atoms with Crippen LogP contribution >= 0.6 is 0 Å². The molecule has 0 saturated heterocycles. The Hall–Kier alpha value is -1.71. The number of carbonyl (C=O) groups is 1. The molecule has 2 N–H and O–H groups in total. The second-order valence-electron chi connectivity index (χ2n) is 5.30. The number of unbranched alkanes of at least 4 members (excludes halogenated alkanes) is 1. The van der Waals surface area contributed by atoms with E-state index >= 15 is 0 Å². The number of esters is 1. The Bertz CT molecular complexity index is 460. The fourth-order valence-electron chi connectivity index (χ4n) is 2.30. The van der Waals surface area contributed by atoms with Gasteiger partial charge in [-0.3, -0.25) is 0 Å². The molecule has 0 aliphatic heterocycles. The molecule has 0 saturated carbocycles. The number of benzene rings is 1. The second-order valence-corrected chi connectivity index (χ2v) is 5.30. The van der Waals surface area contributed by atoms with Crippen LogP contribution in [0.25, 0.3) is 0 Å². The first-order valence-corrected chi connectivity index (χ1v) is 7.88. The molecule has 21 heavy (non-hydrogen) atoms. The number of nitrogens with zero attached hydrogens (tertiary/aromatic N) is 1. The van der Waals surface area contributed by atoms with Crippen LogP contribution in [0.5, 0.6) is 0 Å². The maximum Gasteiger partial charge on any atom is 0.340 e. The molecule has 0 aromatic heterocycles. The number of nitrogens with two attached hydrogens (primary N) is 1. The van der Waals surface area contributed by atoms with Crippen LogP contribution < -0.4 is 10.6 Å². The lowest BCUT2D eigenvalue weighted by Gasteiger charge is -2.32. The molecule has 0 fully saturated rings. The molecule has 4 nitrogen and oxygen atoms in total. The Labute approximate surface area is 128 Å². The van der Waals surface area contributed by atoms with E-state index < -0.39 is 0 Å². The van der Waals surface area contributed by atoms with Gasteiger partial charge in [-0.2, -0.15) is 0 Å². The van der Waals surface area contributed by atoms with Crippen LogP contribution in [-0.4, -0.2) is 25.2 Å². The second kappa shape index (κ2) is 8.55. The number of rotatable bonds is 8. The van der Waals surface area contributed by atoms with Crippen LogP contribution in [0.4, 0.5) is 11.4 Å². The van der Waals surface area contributed by atoms with Crippen molar-refractivity contribution in [2.24, 2.45) is 0 Å². The van der Waals surface area contributed by atoms with Gasteiger partial charge in [0.1, 0.15) is 0 Å². The number of hydrogen-bond donors (Lipinski definition) is 1. The Balaban J connectivity index is 3.19. The van der Waals surface area contributed by atoms with Crippen molar-refractivity contribution < 1.29 is 9.53 Å². The number of anilines is 2. The minimum absolute atomic E-state index is 0.301. The SMILES string of the molecule is CCCCN(c1ccc(N)cc1C(=O)OCC)C(C)CC. The van der Waals surface area contributed by atoms with Gasteiger partial charge in [-0.1, -0.05) is 20.3 Å². The van der Waals surface area contributed by atoms with Gasteiger partial charge in [-0.05, 0) is 44.9 Å². The molecule has 0 bridgehead atoms. The number of ether oxygens (including phenoxy) is 1. The van der Waals surface area contributed by atoms with Crippen LogP contribution in [0.3, 0.4) is 0 Å². The van der Waals surface area contributed by atoms with Crippen molar-refractivity contribution in [3.63, 3.8) is 0 Å². The molecule has 4 heteroatoms. The van der Waals surface area contributed by atoms with E-state index in [4.69, 9.17) is 10.5 Å². The minimum Gasteiger partial charge on any atom is -0.462 e. The fourth-order valence-corrected chi connectivity index (χ4v) is 2.30. The monoisotopic (exact) mass is 292 g/mol. The van der Waals surface area contributed by atoms with Crippen molar-refractivity contribution in [2.45, 2.75) is 53.0 Å². The Kier molecular flexibility index (Phi) is 7.06. The van der Waals surface area contributed by atoms with E-state index in [1.165, 1.54) is 0 Å². The first-order valence-electron chi connectivity index (χ1n) is 7.88. The van der Waals surface area contributed by atoms with Crippen LogP contribution in [0.2, 0.25) is 0 Å². The van der Waals surface area contributed by atoms with E-state index in [-0.39, 0.29) is 5.97 Å². The summed E-state index contributed by atoms with van der Waals surface area (Å²) >= 11 is 0. The lowest BCUT2D eigenvalue weighted by Crippen LogP contribution is -2.34. The van der Waals surface area contributed by atoms with Crippen molar-refractivity contribution in [1.29, 1.82) is 0 Å². The molecule has 1 rings (SSSR count). The first-order chi connectivity index (χ1) is 10.0. The fraction of sp³-hybridized carbons (Fsp3) is 0.588. The smallest absolute Gasteiger partial charge is 0.340 e. The van der Waals surface area contributed by atoms with Crippen LogP contribution in [0, 0.1) is 0 Å². The zero-order valence-electron chi connectivity index (χ0n) is 13.7. The predicted octanol–water partition coefficient (Wildman–Crippen LogP) is 3.85. The summed E-state index contributed by atoms with van der Waals surface area (Å²) in [7, 11) is 0. The summed E-state index contributed by atoms with van der Waals surface area (Å²) in [4.78, 5) is 14.5. The summed E-state index contributed by atoms with van der Waals surface area (Å²) in [6.45, 7) is 9.62. The minimum atomic E-state index is -0.301. The zero-order chi connectivity index (χ0) is 15.8. The molecule has 0 heterocycles. The van der Waals surface area contributed by atoms with Gasteiger partial charge in [0.2, 0.25) is 0 Å². The topological polar surface area (TPSA) is 55.6 Å². The number of carbonyl (C=O) groups excluding carboxylic acids is 1. The largest absolute Gasteiger partial charge is 0.462 e. The maximum absolute atomic E-state index is 12.2. The standard InChI is InChI=1S/C17H28N2O2/c1-5-8-11-19(13(4)6-2)16-10-9-14(18)12-15(16)17(20)21-7-3/h9-10,12-13H,5-8,11,18H2,1-4H3. The predicted molar refractivity (Wildman–Crippen MR) is 88.8 cm³/mol. The number of nitrogen functional groups attached to an aromatic ring is 1. The Morgan fingerprint density at radius 3 is 2.62 bits per heavy atom. The third-order valence-corrected chi connectivity index (χ3v) is 3.70. The molecular formula is C17H28N2O2. The van der Waals surface area contributed by atoms with Crippen LogP contribution in [0.15, 0.2) is 18.2 Å². The summed E-state index contributed by atoms with van der Waals surface area (Å²) in [6, 6.07) is 5.87. The van der Waals surface area contributed by atoms with Gasteiger partial charge in [0, 0.05) is 18.3 Å². The third-order valence-electron chi connectivity index (χ3n) is 3.70. The van der Waals surface area contributed by atoms with E-state index in [9.17, 15) is 4.79 Å². The quantitative estimate of drug-likeness (QED) is 0.584. The lowest BCUT2D eigenvalue weighted by molar-refractivity contribution is 0.0527. The molecule has 0 radical (unpaired) electrons. The van der Waals surface area contributed by atoms with Gasteiger partial charge in [0.25, 0.3) is 0 Å². The highest BCUT2D eigenvalue weighted by atomic mass is 16.5. The highest BCUT2D eigenvalue weighted by molar-refractivity contribution is 5.97. The zero-order valence-corrected chi connectivity index (χ0v) is 13.7. The van der Waals surface area contributed by atoms with Crippen molar-refractivity contribution in [3.8, 4) is 0 Å². The normalized spacial score (nSPS) is 12.0. The molecule has 1 aromatic rings. The number of hydrogen-bond acceptors (Lipinski definition) is 4. The van der Waals surface area contributed by atoms with Gasteiger partial charge in [0.05, 0.1) is 17.9 Å². The van der Waals surface area contributed by atoms with Crippen molar-refractivity contribution >= 4 is 17.3 Å². The molecule has 1 unspecified atom stereocenters. The summed E-state index contributed by atoms with van der Waals surface area (Å²) in [5.41, 5.74) is 7.91. The van der Waals surface area contributed by atoms with Gasteiger partial charge < -0.3 is 15.4 Å². The van der Waals surface area contributed by atoms with Crippen molar-refractivity contribution in [2.75, 3.05) is 23.8 Å². The Morgan fingerprint density at radius 1 is 1.33 bits per heavy atom. The molecular weight excluding hydrogens is 264 g/mol. The van der Waals surface area contributed by atoms with Crippen LogP contribution in [0.1, 0.15) is 57.3 Å². The van der Waals surface area contributed by atoms with E-state index in [1.807, 2.05) is 19.1 Å². The van der Waals surface area contributed by atoms with Gasteiger partial charge in [-0.25, -0.2) is 4.79 Å². The summed E-state index contributed by atoms with van der Waals surface area (Å²) in [6.07, 6.45) is 3.24. The van der Waals surface area contributed by atoms with Crippen LogP contribution in [-0.2, 0) is 4.74 Å². The maximum atomic E-state index is 12.2. The summed E-state index contributed by atoms with van der Waals surface area (Å²) in [5.74, 6) is -0.301. The van der Waals surface area contributed by atoms with E-state index in [2.05, 4.69) is 25.7 Å².